The molecule has 35 heavy (non-hydrogen) atoms. The van der Waals surface area contributed by atoms with E-state index < -0.39 is 18.1 Å². The van der Waals surface area contributed by atoms with Crippen molar-refractivity contribution in [1.29, 1.82) is 0 Å². The summed E-state index contributed by atoms with van der Waals surface area (Å²) < 4.78 is 11.3. The standard InChI is InChI=1S/C27H32N2O6/c1-2-34-18-8-7-15-29(16-18)26(32)24(13-14-25(30)31)28-27(33)35-17-23-21-11-5-3-9-19(21)20-10-4-6-12-22(20)23/h3-6,9-12,18,23-24H,2,7-8,13-17H2,1H3,(H,28,33)(H,30,31). The highest BCUT2D eigenvalue weighted by Crippen LogP contribution is 2.44. The van der Waals surface area contributed by atoms with Crippen molar-refractivity contribution in [3.05, 3.63) is 59.7 Å². The van der Waals surface area contributed by atoms with Gasteiger partial charge in [-0.25, -0.2) is 4.79 Å². The molecule has 1 aliphatic heterocycles. The van der Waals surface area contributed by atoms with Gasteiger partial charge < -0.3 is 24.8 Å². The van der Waals surface area contributed by atoms with Gasteiger partial charge in [0.2, 0.25) is 5.91 Å². The lowest BCUT2D eigenvalue weighted by Crippen LogP contribution is -2.52. The van der Waals surface area contributed by atoms with Crippen LogP contribution >= 0.6 is 0 Å². The molecule has 0 aromatic heterocycles. The van der Waals surface area contributed by atoms with Crippen LogP contribution in [0.1, 0.15) is 49.7 Å². The normalized spacial score (nSPS) is 17.9. The molecule has 2 amide bonds. The van der Waals surface area contributed by atoms with Gasteiger partial charge in [-0.15, -0.1) is 0 Å². The minimum Gasteiger partial charge on any atom is -0.481 e. The lowest BCUT2D eigenvalue weighted by atomic mass is 9.98. The number of aliphatic carboxylic acids is 1. The van der Waals surface area contributed by atoms with Crippen LogP contribution in [-0.4, -0.2) is 66.4 Å². The Balaban J connectivity index is 1.41. The van der Waals surface area contributed by atoms with Crippen LogP contribution in [0.15, 0.2) is 48.5 Å². The number of nitrogens with one attached hydrogen (secondary N) is 1. The molecule has 0 saturated carbocycles. The van der Waals surface area contributed by atoms with Crippen LogP contribution in [0.4, 0.5) is 4.79 Å². The number of fused-ring (bicyclic) bond motifs is 3. The lowest BCUT2D eigenvalue weighted by molar-refractivity contribution is -0.139. The minimum absolute atomic E-state index is 0.00579. The monoisotopic (exact) mass is 480 g/mol. The van der Waals surface area contributed by atoms with Gasteiger partial charge in [0.15, 0.2) is 0 Å². The first-order chi connectivity index (χ1) is 17.0. The fraction of sp³-hybridized carbons (Fsp3) is 0.444. The number of benzene rings is 2. The second-order valence-electron chi connectivity index (χ2n) is 8.96. The van der Waals surface area contributed by atoms with Gasteiger partial charge >= 0.3 is 12.1 Å². The smallest absolute Gasteiger partial charge is 0.407 e. The van der Waals surface area contributed by atoms with E-state index >= 15 is 0 Å². The summed E-state index contributed by atoms with van der Waals surface area (Å²) in [5.74, 6) is -1.43. The van der Waals surface area contributed by atoms with Crippen LogP contribution in [0.5, 0.6) is 0 Å². The minimum atomic E-state index is -1.03. The molecule has 8 nitrogen and oxygen atoms in total. The average molecular weight is 481 g/mol. The molecule has 2 aromatic rings. The number of carbonyl (C=O) groups is 3. The summed E-state index contributed by atoms with van der Waals surface area (Å²) in [5, 5.41) is 11.8. The Kier molecular flexibility index (Phi) is 8.02. The molecule has 1 fully saturated rings. The van der Waals surface area contributed by atoms with Crippen molar-refractivity contribution in [2.45, 2.75) is 50.7 Å². The summed E-state index contributed by atoms with van der Waals surface area (Å²) in [5.41, 5.74) is 4.44. The Morgan fingerprint density at radius 3 is 2.37 bits per heavy atom. The first kappa shape index (κ1) is 24.7. The van der Waals surface area contributed by atoms with E-state index in [0.717, 1.165) is 35.1 Å². The second kappa shape index (κ2) is 11.4. The highest BCUT2D eigenvalue weighted by molar-refractivity contribution is 5.86. The molecular formula is C27H32N2O6. The summed E-state index contributed by atoms with van der Waals surface area (Å²) in [6, 6.07) is 15.1. The predicted octanol–water partition coefficient (Wildman–Crippen LogP) is 3.79. The molecule has 186 valence electrons. The summed E-state index contributed by atoms with van der Waals surface area (Å²) in [6.45, 7) is 3.58. The summed E-state index contributed by atoms with van der Waals surface area (Å²) >= 11 is 0. The van der Waals surface area contributed by atoms with Crippen LogP contribution in [0.25, 0.3) is 11.1 Å². The molecule has 8 heteroatoms. The van der Waals surface area contributed by atoms with Crippen molar-refractivity contribution in [1.82, 2.24) is 10.2 Å². The molecule has 2 aliphatic rings. The van der Waals surface area contributed by atoms with E-state index in [1.54, 1.807) is 4.90 Å². The molecule has 0 spiro atoms. The van der Waals surface area contributed by atoms with Crippen molar-refractivity contribution in [3.63, 3.8) is 0 Å². The van der Waals surface area contributed by atoms with Gasteiger partial charge in [0.05, 0.1) is 6.10 Å². The maximum atomic E-state index is 13.2. The lowest BCUT2D eigenvalue weighted by Gasteiger charge is -2.34. The number of carboxylic acids is 1. The molecule has 0 bridgehead atoms. The van der Waals surface area contributed by atoms with Crippen LogP contribution in [0.2, 0.25) is 0 Å². The largest absolute Gasteiger partial charge is 0.481 e. The first-order valence-electron chi connectivity index (χ1n) is 12.2. The van der Waals surface area contributed by atoms with Gasteiger partial charge in [0.1, 0.15) is 12.6 Å². The molecule has 1 aliphatic carbocycles. The number of alkyl carbamates (subject to hydrolysis) is 1. The Hall–Kier alpha value is -3.39. The van der Waals surface area contributed by atoms with Crippen LogP contribution in [0.3, 0.4) is 0 Å². The predicted molar refractivity (Wildman–Crippen MR) is 130 cm³/mol. The zero-order valence-electron chi connectivity index (χ0n) is 19.9. The van der Waals surface area contributed by atoms with Crippen LogP contribution in [0, 0.1) is 0 Å². The van der Waals surface area contributed by atoms with Crippen molar-refractivity contribution < 1.29 is 29.0 Å². The SMILES string of the molecule is CCOC1CCCN(C(=O)C(CCC(=O)O)NC(=O)OCC2c3ccccc3-c3ccccc32)C1. The third kappa shape index (κ3) is 5.82. The highest BCUT2D eigenvalue weighted by Gasteiger charge is 2.32. The second-order valence-corrected chi connectivity index (χ2v) is 8.96. The van der Waals surface area contributed by atoms with E-state index in [2.05, 4.69) is 17.4 Å². The fourth-order valence-corrected chi connectivity index (χ4v) is 5.04. The number of rotatable bonds is 9. The maximum absolute atomic E-state index is 13.2. The molecular weight excluding hydrogens is 448 g/mol. The van der Waals surface area contributed by atoms with E-state index in [9.17, 15) is 14.4 Å². The molecule has 2 atom stereocenters. The molecule has 2 aromatic carbocycles. The summed E-state index contributed by atoms with van der Waals surface area (Å²) in [4.78, 5) is 38.8. The third-order valence-electron chi connectivity index (χ3n) is 6.67. The average Bonchev–Trinajstić information content (AvgIpc) is 3.19. The fourth-order valence-electron chi connectivity index (χ4n) is 5.04. The van der Waals surface area contributed by atoms with Crippen molar-refractivity contribution >= 4 is 18.0 Å². The molecule has 2 N–H and O–H groups in total. The van der Waals surface area contributed by atoms with Crippen LogP contribution < -0.4 is 5.32 Å². The highest BCUT2D eigenvalue weighted by atomic mass is 16.5. The number of hydrogen-bond donors (Lipinski definition) is 2. The Bertz CT molecular complexity index is 1020. The Morgan fingerprint density at radius 2 is 1.74 bits per heavy atom. The number of hydrogen-bond acceptors (Lipinski definition) is 5. The number of amides is 2. The van der Waals surface area contributed by atoms with E-state index in [1.807, 2.05) is 43.3 Å². The third-order valence-corrected chi connectivity index (χ3v) is 6.67. The van der Waals surface area contributed by atoms with E-state index in [1.165, 1.54) is 0 Å². The molecule has 1 heterocycles. The zero-order valence-corrected chi connectivity index (χ0v) is 19.9. The summed E-state index contributed by atoms with van der Waals surface area (Å²) in [6.07, 6.45) is 0.655. The van der Waals surface area contributed by atoms with Crippen molar-refractivity contribution in [2.24, 2.45) is 0 Å². The number of nitrogens with zero attached hydrogens (tertiary/aromatic N) is 1. The van der Waals surface area contributed by atoms with Gasteiger partial charge in [-0.2, -0.15) is 0 Å². The van der Waals surface area contributed by atoms with E-state index in [4.69, 9.17) is 14.6 Å². The number of piperidine rings is 1. The van der Waals surface area contributed by atoms with Crippen molar-refractivity contribution in [3.8, 4) is 11.1 Å². The van der Waals surface area contributed by atoms with Gasteiger partial charge in [-0.3, -0.25) is 9.59 Å². The number of ether oxygens (including phenoxy) is 2. The summed E-state index contributed by atoms with van der Waals surface area (Å²) in [7, 11) is 0. The Labute approximate surface area is 205 Å². The number of likely N-dealkylation sites (tertiary alicyclic amines) is 1. The maximum Gasteiger partial charge on any atom is 0.407 e. The Morgan fingerprint density at radius 1 is 1.09 bits per heavy atom. The van der Waals surface area contributed by atoms with Crippen molar-refractivity contribution in [2.75, 3.05) is 26.3 Å². The first-order valence-corrected chi connectivity index (χ1v) is 12.2. The molecule has 4 rings (SSSR count). The van der Waals surface area contributed by atoms with Crippen LogP contribution in [-0.2, 0) is 19.1 Å². The quantitative estimate of drug-likeness (QED) is 0.566. The van der Waals surface area contributed by atoms with E-state index in [0.29, 0.717) is 19.7 Å². The van der Waals surface area contributed by atoms with Gasteiger partial charge in [-0.1, -0.05) is 48.5 Å². The van der Waals surface area contributed by atoms with Gasteiger partial charge in [-0.05, 0) is 48.4 Å². The topological polar surface area (TPSA) is 105 Å². The zero-order chi connectivity index (χ0) is 24.8. The number of carbonyl (C=O) groups excluding carboxylic acids is 2. The number of carboxylic acid groups (broad SMARTS) is 1. The van der Waals surface area contributed by atoms with E-state index in [-0.39, 0.29) is 37.4 Å². The molecule has 0 radical (unpaired) electrons. The van der Waals surface area contributed by atoms with Gasteiger partial charge in [0.25, 0.3) is 0 Å². The van der Waals surface area contributed by atoms with Gasteiger partial charge in [0, 0.05) is 32.0 Å². The molecule has 1 saturated heterocycles. The molecule has 2 unspecified atom stereocenters.